The maximum absolute atomic E-state index is 9.69. The molecule has 0 aliphatic carbocycles. The van der Waals surface area contributed by atoms with Crippen molar-refractivity contribution in [2.45, 2.75) is 0 Å². The van der Waals surface area contributed by atoms with Gasteiger partial charge in [0.1, 0.15) is 0 Å². The number of carboxylic acid groups (broad SMARTS) is 1. The molecule has 4 nitrogen and oxygen atoms in total. The summed E-state index contributed by atoms with van der Waals surface area (Å²) < 4.78 is 3.77. The summed E-state index contributed by atoms with van der Waals surface area (Å²) in [7, 11) is 1.01. The maximum Gasteiger partial charge on any atom is 0.417 e. The minimum absolute atomic E-state index is 0. The Balaban J connectivity index is 0. The number of ether oxygens (including phenoxy) is 1. The molecule has 0 aromatic rings. The number of methoxy groups -OCH3 is 1. The van der Waals surface area contributed by atoms with E-state index in [0.29, 0.717) is 0 Å². The highest BCUT2D eigenvalue weighted by molar-refractivity contribution is 6.28. The third kappa shape index (κ3) is 3.42. The third-order valence-electron chi connectivity index (χ3n) is 0.360. The predicted molar refractivity (Wildman–Crippen MR) is 26.9 cm³/mol. The molecule has 0 aromatic carbocycles. The molecule has 0 fully saturated rings. The van der Waals surface area contributed by atoms with Crippen molar-refractivity contribution in [2.24, 2.45) is 0 Å². The Kier molecular flexibility index (Phi) is 5.63. The van der Waals surface area contributed by atoms with Crippen molar-refractivity contribution in [1.29, 1.82) is 0 Å². The lowest BCUT2D eigenvalue weighted by Crippen LogP contribution is -2.13. The zero-order valence-corrected chi connectivity index (χ0v) is 4.90. The van der Waals surface area contributed by atoms with Gasteiger partial charge in [0.2, 0.25) is 0 Å². The molecule has 5 heteroatoms. The second-order valence-electron chi connectivity index (χ2n) is 0.797. The van der Waals surface area contributed by atoms with Gasteiger partial charge >= 0.3 is 11.9 Å². The molecule has 0 aliphatic rings. The van der Waals surface area contributed by atoms with Gasteiger partial charge in [-0.2, -0.15) is 0 Å². The van der Waals surface area contributed by atoms with Crippen LogP contribution >= 0.6 is 12.4 Å². The molecule has 8 heavy (non-hydrogen) atoms. The highest BCUT2D eigenvalue weighted by Crippen LogP contribution is 1.68. The van der Waals surface area contributed by atoms with Crippen LogP contribution < -0.4 is 0 Å². The summed E-state index contributed by atoms with van der Waals surface area (Å²) in [6.07, 6.45) is 0. The van der Waals surface area contributed by atoms with Crippen LogP contribution in [0.15, 0.2) is 0 Å². The van der Waals surface area contributed by atoms with Gasteiger partial charge in [-0.1, -0.05) is 0 Å². The lowest BCUT2D eigenvalue weighted by Gasteiger charge is -1.85. The van der Waals surface area contributed by atoms with Gasteiger partial charge in [0.15, 0.2) is 0 Å². The van der Waals surface area contributed by atoms with Crippen LogP contribution in [0.5, 0.6) is 0 Å². The van der Waals surface area contributed by atoms with Crippen LogP contribution in [0.3, 0.4) is 0 Å². The van der Waals surface area contributed by atoms with Gasteiger partial charge < -0.3 is 9.84 Å². The number of hydrogen-bond donors (Lipinski definition) is 1. The highest BCUT2D eigenvalue weighted by atomic mass is 35.5. The zero-order chi connectivity index (χ0) is 5.86. The van der Waals surface area contributed by atoms with E-state index in [9.17, 15) is 9.59 Å². The molecule has 0 aromatic heterocycles. The number of carbonyl (C=O) groups is 2. The van der Waals surface area contributed by atoms with Gasteiger partial charge in [0, 0.05) is 0 Å². The van der Waals surface area contributed by atoms with E-state index < -0.39 is 11.9 Å². The molecule has 0 spiro atoms. The molecule has 0 saturated carbocycles. The van der Waals surface area contributed by atoms with Crippen molar-refractivity contribution in [3.63, 3.8) is 0 Å². The van der Waals surface area contributed by atoms with Gasteiger partial charge in [-0.3, -0.25) is 0 Å². The fourth-order valence-corrected chi connectivity index (χ4v) is 0.0873. The van der Waals surface area contributed by atoms with Crippen molar-refractivity contribution in [2.75, 3.05) is 7.11 Å². The summed E-state index contributed by atoms with van der Waals surface area (Å²) in [4.78, 5) is 19.1. The number of halogens is 1. The van der Waals surface area contributed by atoms with Crippen LogP contribution in [-0.2, 0) is 14.3 Å². The fourth-order valence-electron chi connectivity index (χ4n) is 0.0873. The van der Waals surface area contributed by atoms with Gasteiger partial charge in [-0.15, -0.1) is 12.4 Å². The average molecular weight is 141 g/mol. The van der Waals surface area contributed by atoms with E-state index in [1.54, 1.807) is 0 Å². The van der Waals surface area contributed by atoms with Gasteiger partial charge in [-0.25, -0.2) is 9.59 Å². The van der Waals surface area contributed by atoms with E-state index in [1.807, 2.05) is 0 Å². The molecular formula is C3H5ClO4. The number of esters is 1. The summed E-state index contributed by atoms with van der Waals surface area (Å²) in [6, 6.07) is 0. The van der Waals surface area contributed by atoms with Crippen molar-refractivity contribution < 1.29 is 19.4 Å². The van der Waals surface area contributed by atoms with Gasteiger partial charge in [0.05, 0.1) is 7.11 Å². The number of hydrogen-bond acceptors (Lipinski definition) is 3. The van der Waals surface area contributed by atoms with Crippen LogP contribution in [-0.4, -0.2) is 24.2 Å². The first-order chi connectivity index (χ1) is 3.18. The largest absolute Gasteiger partial charge is 0.473 e. The van der Waals surface area contributed by atoms with Gasteiger partial charge in [-0.05, 0) is 0 Å². The summed E-state index contributed by atoms with van der Waals surface area (Å²) in [5, 5.41) is 7.71. The molecule has 1 N–H and O–H groups in total. The Morgan fingerprint density at radius 1 is 1.50 bits per heavy atom. The molecular weight excluding hydrogens is 135 g/mol. The Morgan fingerprint density at radius 2 is 1.88 bits per heavy atom. The predicted octanol–water partition coefficient (Wildman–Crippen LogP) is -0.334. The normalized spacial score (nSPS) is 6.62. The number of carboxylic acids is 1. The first kappa shape index (κ1) is 10.3. The van der Waals surface area contributed by atoms with Gasteiger partial charge in [0.25, 0.3) is 0 Å². The smallest absolute Gasteiger partial charge is 0.417 e. The minimum Gasteiger partial charge on any atom is -0.473 e. The van der Waals surface area contributed by atoms with E-state index in [2.05, 4.69) is 4.74 Å². The Bertz CT molecular complexity index is 99.5. The molecule has 0 amide bonds. The SMILES string of the molecule is COC(=O)C(=O)O.Cl. The lowest BCUT2D eigenvalue weighted by atomic mass is 10.7. The molecule has 0 heterocycles. The first-order valence-electron chi connectivity index (χ1n) is 1.49. The fraction of sp³-hybridized carbons (Fsp3) is 0.333. The van der Waals surface area contributed by atoms with E-state index in [4.69, 9.17) is 5.11 Å². The molecule has 0 saturated heterocycles. The van der Waals surface area contributed by atoms with E-state index in [-0.39, 0.29) is 12.4 Å². The Morgan fingerprint density at radius 3 is 1.88 bits per heavy atom. The summed E-state index contributed by atoms with van der Waals surface area (Å²) in [6.45, 7) is 0. The van der Waals surface area contributed by atoms with Crippen molar-refractivity contribution in [3.8, 4) is 0 Å². The number of aliphatic carboxylic acids is 1. The van der Waals surface area contributed by atoms with E-state index in [1.165, 1.54) is 0 Å². The van der Waals surface area contributed by atoms with E-state index in [0.717, 1.165) is 7.11 Å². The molecule has 0 unspecified atom stereocenters. The topological polar surface area (TPSA) is 63.6 Å². The number of rotatable bonds is 0. The molecule has 0 rings (SSSR count). The minimum atomic E-state index is -1.57. The lowest BCUT2D eigenvalue weighted by molar-refractivity contribution is -0.161. The summed E-state index contributed by atoms with van der Waals surface area (Å²) in [5.41, 5.74) is 0. The quantitative estimate of drug-likeness (QED) is 0.370. The summed E-state index contributed by atoms with van der Waals surface area (Å²) >= 11 is 0. The second kappa shape index (κ2) is 4.39. The molecule has 48 valence electrons. The zero-order valence-electron chi connectivity index (χ0n) is 4.08. The van der Waals surface area contributed by atoms with E-state index >= 15 is 0 Å². The van der Waals surface area contributed by atoms with Crippen LogP contribution in [0.25, 0.3) is 0 Å². The van der Waals surface area contributed by atoms with Crippen LogP contribution in [0.1, 0.15) is 0 Å². The summed E-state index contributed by atoms with van der Waals surface area (Å²) in [5.74, 6) is -2.80. The van der Waals surface area contributed by atoms with Crippen molar-refractivity contribution >= 4 is 24.3 Å². The second-order valence-corrected chi connectivity index (χ2v) is 0.797. The monoisotopic (exact) mass is 140 g/mol. The maximum atomic E-state index is 9.69. The number of carbonyl (C=O) groups excluding carboxylic acids is 1. The van der Waals surface area contributed by atoms with Crippen molar-refractivity contribution in [1.82, 2.24) is 0 Å². The first-order valence-corrected chi connectivity index (χ1v) is 1.49. The van der Waals surface area contributed by atoms with Crippen LogP contribution in [0.2, 0.25) is 0 Å². The Labute approximate surface area is 51.9 Å². The standard InChI is InChI=1S/C3H4O4.ClH/c1-7-3(6)2(4)5;/h1H3,(H,4,5);1H. The third-order valence-corrected chi connectivity index (χ3v) is 0.360. The van der Waals surface area contributed by atoms with Crippen LogP contribution in [0.4, 0.5) is 0 Å². The van der Waals surface area contributed by atoms with Crippen molar-refractivity contribution in [3.05, 3.63) is 0 Å². The molecule has 0 bridgehead atoms. The Hall–Kier alpha value is -0.770. The molecule has 0 aliphatic heterocycles. The highest BCUT2D eigenvalue weighted by Gasteiger charge is 2.08. The van der Waals surface area contributed by atoms with Crippen LogP contribution in [0, 0.1) is 0 Å². The average Bonchev–Trinajstić information content (AvgIpc) is 1.65. The molecule has 0 radical (unpaired) electrons. The molecule has 0 atom stereocenters.